The maximum atomic E-state index is 11.6. The highest BCUT2D eigenvalue weighted by Crippen LogP contribution is 2.43. The van der Waals surface area contributed by atoms with Crippen LogP contribution < -0.4 is 10.6 Å². The number of piperidine rings is 1. The molecule has 3 heterocycles. The Bertz CT molecular complexity index is 414. The van der Waals surface area contributed by atoms with E-state index < -0.39 is 0 Å². The summed E-state index contributed by atoms with van der Waals surface area (Å²) >= 11 is 0. The second-order valence-corrected chi connectivity index (χ2v) is 4.05. The molecule has 1 fully saturated rings. The van der Waals surface area contributed by atoms with Crippen molar-refractivity contribution < 1.29 is 4.79 Å². The molecule has 0 aliphatic carbocycles. The number of amides is 1. The molecule has 14 heavy (non-hydrogen) atoms. The maximum absolute atomic E-state index is 11.6. The van der Waals surface area contributed by atoms with E-state index in [4.69, 9.17) is 5.73 Å². The lowest BCUT2D eigenvalue weighted by molar-refractivity contribution is -0.120. The molecule has 4 rings (SSSR count). The Morgan fingerprint density at radius 1 is 1.43 bits per heavy atom. The van der Waals surface area contributed by atoms with Gasteiger partial charge in [0, 0.05) is 24.3 Å². The second kappa shape index (κ2) is 2.50. The van der Waals surface area contributed by atoms with Gasteiger partial charge in [-0.15, -0.1) is 0 Å². The van der Waals surface area contributed by atoms with Crippen LogP contribution in [-0.4, -0.2) is 12.5 Å². The Hall–Kier alpha value is -1.51. The number of carbonyl (C=O) groups excluding carboxylic acids is 1. The second-order valence-electron chi connectivity index (χ2n) is 4.05. The smallest absolute Gasteiger partial charge is 0.227 e. The molecular weight excluding hydrogens is 176 g/mol. The number of fused-ring (bicyclic) bond motifs is 2. The van der Waals surface area contributed by atoms with Crippen molar-refractivity contribution in [2.75, 3.05) is 17.2 Å². The Kier molecular flexibility index (Phi) is 1.40. The Morgan fingerprint density at radius 3 is 3.07 bits per heavy atom. The first-order chi connectivity index (χ1) is 6.75. The summed E-state index contributed by atoms with van der Waals surface area (Å²) in [5.41, 5.74) is 8.88. The summed E-state index contributed by atoms with van der Waals surface area (Å²) in [6.45, 7) is 0.875. The van der Waals surface area contributed by atoms with Gasteiger partial charge in [-0.2, -0.15) is 0 Å². The van der Waals surface area contributed by atoms with Crippen molar-refractivity contribution in [2.45, 2.75) is 18.8 Å². The number of nitrogens with zero attached hydrogens (tertiary/aromatic N) is 1. The van der Waals surface area contributed by atoms with Crippen molar-refractivity contribution in [1.29, 1.82) is 0 Å². The molecule has 72 valence electrons. The van der Waals surface area contributed by atoms with Crippen LogP contribution in [0, 0.1) is 0 Å². The lowest BCUT2D eigenvalue weighted by Gasteiger charge is -2.40. The number of anilines is 2. The van der Waals surface area contributed by atoms with Gasteiger partial charge < -0.3 is 10.6 Å². The quantitative estimate of drug-likeness (QED) is 0.627. The number of carbonyl (C=O) groups is 1. The molecule has 1 atom stereocenters. The molecule has 3 aliphatic heterocycles. The minimum Gasteiger partial charge on any atom is -0.399 e. The predicted octanol–water partition coefficient (Wildman–Crippen LogP) is 1.49. The first-order valence-electron chi connectivity index (χ1n) is 4.95. The van der Waals surface area contributed by atoms with Crippen molar-refractivity contribution in [1.82, 2.24) is 0 Å². The van der Waals surface area contributed by atoms with Crippen LogP contribution >= 0.6 is 0 Å². The molecule has 3 aliphatic rings. The molecule has 1 saturated heterocycles. The lowest BCUT2D eigenvalue weighted by atomic mass is 9.82. The molecule has 3 heteroatoms. The van der Waals surface area contributed by atoms with Gasteiger partial charge in [-0.05, 0) is 36.1 Å². The highest BCUT2D eigenvalue weighted by atomic mass is 16.2. The maximum Gasteiger partial charge on any atom is 0.227 e. The van der Waals surface area contributed by atoms with Gasteiger partial charge in [-0.25, -0.2) is 0 Å². The van der Waals surface area contributed by atoms with Gasteiger partial charge in [0.15, 0.2) is 0 Å². The summed E-state index contributed by atoms with van der Waals surface area (Å²) in [6.07, 6.45) is 1.75. The highest BCUT2D eigenvalue weighted by molar-refractivity contribution is 5.98. The lowest BCUT2D eigenvalue weighted by Crippen LogP contribution is -2.43. The van der Waals surface area contributed by atoms with E-state index in [-0.39, 0.29) is 5.91 Å². The highest BCUT2D eigenvalue weighted by Gasteiger charge is 2.36. The summed E-state index contributed by atoms with van der Waals surface area (Å²) in [5.74, 6) is 0.671. The number of benzene rings is 1. The summed E-state index contributed by atoms with van der Waals surface area (Å²) in [6, 6.07) is 5.85. The molecule has 2 bridgehead atoms. The fourth-order valence-corrected chi connectivity index (χ4v) is 2.50. The molecule has 0 radical (unpaired) electrons. The van der Waals surface area contributed by atoms with Gasteiger partial charge in [0.05, 0.1) is 0 Å². The fraction of sp³-hybridized carbons (Fsp3) is 0.364. The van der Waals surface area contributed by atoms with E-state index in [1.54, 1.807) is 0 Å². The summed E-state index contributed by atoms with van der Waals surface area (Å²) < 4.78 is 0. The van der Waals surface area contributed by atoms with Gasteiger partial charge in [-0.3, -0.25) is 4.79 Å². The third-order valence-electron chi connectivity index (χ3n) is 3.21. The molecule has 0 aromatic heterocycles. The minimum atomic E-state index is 0.263. The zero-order chi connectivity index (χ0) is 9.71. The Balaban J connectivity index is 2.20. The number of hydrogen-bond donors (Lipinski definition) is 1. The third-order valence-corrected chi connectivity index (χ3v) is 3.21. The Labute approximate surface area is 82.5 Å². The van der Waals surface area contributed by atoms with Crippen molar-refractivity contribution in [3.8, 4) is 0 Å². The predicted molar refractivity (Wildman–Crippen MR) is 55.2 cm³/mol. The van der Waals surface area contributed by atoms with E-state index in [0.717, 1.165) is 24.3 Å². The molecule has 1 amide bonds. The van der Waals surface area contributed by atoms with Gasteiger partial charge in [0.2, 0.25) is 5.91 Å². The largest absolute Gasteiger partial charge is 0.399 e. The van der Waals surface area contributed by atoms with Crippen molar-refractivity contribution in [3.63, 3.8) is 0 Å². The monoisotopic (exact) mass is 188 g/mol. The zero-order valence-corrected chi connectivity index (χ0v) is 7.86. The van der Waals surface area contributed by atoms with Crippen molar-refractivity contribution >= 4 is 17.3 Å². The van der Waals surface area contributed by atoms with Crippen LogP contribution in [-0.2, 0) is 4.79 Å². The van der Waals surface area contributed by atoms with E-state index in [9.17, 15) is 4.79 Å². The van der Waals surface area contributed by atoms with Gasteiger partial charge >= 0.3 is 0 Å². The SMILES string of the molecule is Nc1ccc2c(c1)C1CCN2C(=O)C1. The van der Waals surface area contributed by atoms with Crippen LogP contribution in [0.1, 0.15) is 24.3 Å². The van der Waals surface area contributed by atoms with E-state index in [0.29, 0.717) is 12.3 Å². The summed E-state index contributed by atoms with van der Waals surface area (Å²) in [7, 11) is 0. The molecule has 2 N–H and O–H groups in total. The van der Waals surface area contributed by atoms with Crippen LogP contribution in [0.5, 0.6) is 0 Å². The third kappa shape index (κ3) is 0.895. The topological polar surface area (TPSA) is 46.3 Å². The van der Waals surface area contributed by atoms with E-state index in [2.05, 4.69) is 0 Å². The van der Waals surface area contributed by atoms with Crippen LogP contribution in [0.4, 0.5) is 11.4 Å². The minimum absolute atomic E-state index is 0.263. The molecule has 1 aromatic carbocycles. The standard InChI is InChI=1S/C11H12N2O/c12-8-1-2-10-9(6-8)7-3-4-13(10)11(14)5-7/h1-2,6-7H,3-5,12H2. The van der Waals surface area contributed by atoms with Gasteiger partial charge in [-0.1, -0.05) is 0 Å². The van der Waals surface area contributed by atoms with Crippen LogP contribution in [0.15, 0.2) is 18.2 Å². The number of nitrogens with two attached hydrogens (primary N) is 1. The van der Waals surface area contributed by atoms with Crippen LogP contribution in [0.25, 0.3) is 0 Å². The molecule has 1 aromatic rings. The first kappa shape index (κ1) is 7.85. The summed E-state index contributed by atoms with van der Waals surface area (Å²) in [4.78, 5) is 13.5. The number of nitrogen functional groups attached to an aromatic ring is 1. The number of hydrogen-bond acceptors (Lipinski definition) is 2. The first-order valence-corrected chi connectivity index (χ1v) is 4.95. The summed E-state index contributed by atoms with van der Waals surface area (Å²) in [5, 5.41) is 0. The fourth-order valence-electron chi connectivity index (χ4n) is 2.50. The van der Waals surface area contributed by atoms with Crippen molar-refractivity contribution in [2.24, 2.45) is 0 Å². The van der Waals surface area contributed by atoms with E-state index in [1.807, 2.05) is 23.1 Å². The normalized spacial score (nSPS) is 23.9. The molecule has 0 spiro atoms. The average molecular weight is 188 g/mol. The molecular formula is C11H12N2O. The van der Waals surface area contributed by atoms with Gasteiger partial charge in [0.1, 0.15) is 0 Å². The average Bonchev–Trinajstić information content (AvgIpc) is 2.18. The molecule has 0 saturated carbocycles. The Morgan fingerprint density at radius 2 is 2.29 bits per heavy atom. The van der Waals surface area contributed by atoms with Crippen LogP contribution in [0.3, 0.4) is 0 Å². The molecule has 3 nitrogen and oxygen atoms in total. The van der Waals surface area contributed by atoms with Gasteiger partial charge in [0.25, 0.3) is 0 Å². The number of rotatable bonds is 0. The molecule has 1 unspecified atom stereocenters. The van der Waals surface area contributed by atoms with Crippen LogP contribution in [0.2, 0.25) is 0 Å². The van der Waals surface area contributed by atoms with E-state index in [1.165, 1.54) is 5.56 Å². The van der Waals surface area contributed by atoms with E-state index >= 15 is 0 Å². The zero-order valence-electron chi connectivity index (χ0n) is 7.86. The van der Waals surface area contributed by atoms with Crippen molar-refractivity contribution in [3.05, 3.63) is 23.8 Å².